The van der Waals surface area contributed by atoms with Gasteiger partial charge >= 0.3 is 0 Å². The maximum atomic E-state index is 14.4. The Hall–Kier alpha value is -2.43. The third kappa shape index (κ3) is 9.78. The zero-order valence-electron chi connectivity index (χ0n) is 23.9. The van der Waals surface area contributed by atoms with Gasteiger partial charge in [-0.2, -0.15) is 0 Å². The molecule has 0 spiro atoms. The zero-order valence-corrected chi connectivity index (χ0v) is 27.1. The van der Waals surface area contributed by atoms with Gasteiger partial charge in [-0.3, -0.25) is 15.0 Å². The van der Waals surface area contributed by atoms with Gasteiger partial charge in [0, 0.05) is 27.9 Å². The summed E-state index contributed by atoms with van der Waals surface area (Å²) in [6.45, 7) is 1.92. The standard InChI is InChI=1S/C28H38BrFN6O5S2/c1-43(39,40)35-23(8-4-17-3-2-10-33-13-17)28(38)36-15-20(41-16-18-5-6-19(29)11-22(18)30)12-24(36)27(37)34-14-21-7-9-25(42-21)26(31)32/h5-7,9,11,17,20,23-24,33,35H,2-4,8,10,12-16H2,1H3,(H3,31,32)(H,34,37)/t17-,20-,23-,24-/m1/s1. The number of carbonyl (C=O) groups excluding carboxylic acids is 2. The molecule has 2 aliphatic heterocycles. The van der Waals surface area contributed by atoms with Crippen molar-refractivity contribution in [1.29, 1.82) is 5.41 Å². The highest BCUT2D eigenvalue weighted by Gasteiger charge is 2.42. The van der Waals surface area contributed by atoms with Crippen molar-refractivity contribution in [3.8, 4) is 0 Å². The Morgan fingerprint density at radius 3 is 2.77 bits per heavy atom. The number of carbonyl (C=O) groups is 2. The predicted molar refractivity (Wildman–Crippen MR) is 167 cm³/mol. The quantitative estimate of drug-likeness (QED) is 0.158. The number of thiophene rings is 1. The normalized spacial score (nSPS) is 21.5. The molecule has 2 aromatic rings. The molecule has 0 unspecified atom stereocenters. The van der Waals surface area contributed by atoms with E-state index in [0.717, 1.165) is 37.1 Å². The Morgan fingerprint density at radius 2 is 2.12 bits per heavy atom. The molecule has 2 amide bonds. The van der Waals surface area contributed by atoms with Crippen LogP contribution in [0.25, 0.3) is 0 Å². The number of piperidine rings is 1. The maximum Gasteiger partial charge on any atom is 0.243 e. The molecule has 4 atom stereocenters. The summed E-state index contributed by atoms with van der Waals surface area (Å²) in [6.07, 6.45) is 3.56. The Morgan fingerprint density at radius 1 is 1.33 bits per heavy atom. The Kier molecular flexibility index (Phi) is 11.7. The fraction of sp³-hybridized carbons (Fsp3) is 0.536. The highest BCUT2D eigenvalue weighted by Crippen LogP contribution is 2.26. The van der Waals surface area contributed by atoms with Gasteiger partial charge < -0.3 is 26.0 Å². The molecule has 11 nitrogen and oxygen atoms in total. The number of hydrogen-bond acceptors (Lipinski definition) is 8. The molecular weight excluding hydrogens is 663 g/mol. The van der Waals surface area contributed by atoms with Crippen molar-refractivity contribution in [3.63, 3.8) is 0 Å². The molecule has 2 fully saturated rings. The fourth-order valence-electron chi connectivity index (χ4n) is 5.43. The number of nitrogen functional groups attached to an aromatic ring is 1. The van der Waals surface area contributed by atoms with E-state index in [4.69, 9.17) is 15.9 Å². The molecule has 0 saturated carbocycles. The second-order valence-electron chi connectivity index (χ2n) is 11.0. The number of amides is 2. The molecular formula is C28H38BrFN6O5S2. The lowest BCUT2D eigenvalue weighted by molar-refractivity contribution is -0.140. The van der Waals surface area contributed by atoms with Gasteiger partial charge in [-0.15, -0.1) is 11.3 Å². The van der Waals surface area contributed by atoms with Crippen LogP contribution in [0.4, 0.5) is 4.39 Å². The molecule has 0 radical (unpaired) electrons. The van der Waals surface area contributed by atoms with Crippen molar-refractivity contribution >= 4 is 54.9 Å². The first-order valence-corrected chi connectivity index (χ1v) is 17.6. The summed E-state index contributed by atoms with van der Waals surface area (Å²) in [5.74, 6) is -1.09. The number of sulfonamides is 1. The van der Waals surface area contributed by atoms with E-state index in [1.165, 1.54) is 22.3 Å². The number of likely N-dealkylation sites (tertiary alicyclic amines) is 1. The average Bonchev–Trinajstić information content (AvgIpc) is 3.61. The maximum absolute atomic E-state index is 14.4. The number of rotatable bonds is 13. The van der Waals surface area contributed by atoms with Gasteiger partial charge in [0.2, 0.25) is 21.8 Å². The van der Waals surface area contributed by atoms with Gasteiger partial charge in [-0.05, 0) is 69.0 Å². The first-order chi connectivity index (χ1) is 20.4. The summed E-state index contributed by atoms with van der Waals surface area (Å²) in [4.78, 5) is 30.1. The van der Waals surface area contributed by atoms with Crippen molar-refractivity contribution in [1.82, 2.24) is 20.3 Å². The third-order valence-corrected chi connectivity index (χ3v) is 9.94. The predicted octanol–water partition coefficient (Wildman–Crippen LogP) is 2.43. The first-order valence-electron chi connectivity index (χ1n) is 14.1. The van der Waals surface area contributed by atoms with E-state index < -0.39 is 45.8 Å². The van der Waals surface area contributed by atoms with E-state index in [1.54, 1.807) is 24.3 Å². The summed E-state index contributed by atoms with van der Waals surface area (Å²) in [6, 6.07) is 6.16. The molecule has 0 bridgehead atoms. The summed E-state index contributed by atoms with van der Waals surface area (Å²) < 4.78 is 48.0. The van der Waals surface area contributed by atoms with Crippen LogP contribution in [0.1, 0.15) is 47.4 Å². The smallest absolute Gasteiger partial charge is 0.243 e. The number of ether oxygens (including phenoxy) is 1. The molecule has 43 heavy (non-hydrogen) atoms. The second kappa shape index (κ2) is 15.0. The summed E-state index contributed by atoms with van der Waals surface area (Å²) in [5.41, 5.74) is 5.89. The topological polar surface area (TPSA) is 167 Å². The van der Waals surface area contributed by atoms with Crippen LogP contribution in [0.2, 0.25) is 0 Å². The molecule has 2 aliphatic rings. The lowest BCUT2D eigenvalue weighted by atomic mass is 9.92. The van der Waals surface area contributed by atoms with Gasteiger partial charge in [-0.25, -0.2) is 17.5 Å². The number of hydrogen-bond donors (Lipinski definition) is 5. The molecule has 3 heterocycles. The van der Waals surface area contributed by atoms with E-state index in [-0.39, 0.29) is 32.0 Å². The van der Waals surface area contributed by atoms with Crippen molar-refractivity contribution < 1.29 is 27.1 Å². The van der Waals surface area contributed by atoms with Crippen molar-refractivity contribution in [2.45, 2.75) is 63.4 Å². The fourth-order valence-corrected chi connectivity index (χ4v) is 7.31. The van der Waals surface area contributed by atoms with E-state index >= 15 is 0 Å². The Balaban J connectivity index is 1.49. The van der Waals surface area contributed by atoms with Crippen LogP contribution < -0.4 is 21.1 Å². The van der Waals surface area contributed by atoms with E-state index in [9.17, 15) is 22.4 Å². The summed E-state index contributed by atoms with van der Waals surface area (Å²) in [7, 11) is -3.72. The van der Waals surface area contributed by atoms with Gasteiger partial charge in [0.15, 0.2) is 0 Å². The van der Waals surface area contributed by atoms with Crippen LogP contribution in [0.3, 0.4) is 0 Å². The third-order valence-electron chi connectivity index (χ3n) is 7.62. The van der Waals surface area contributed by atoms with Gasteiger partial charge in [0.25, 0.3) is 0 Å². The number of halogens is 2. The Bertz CT molecular complexity index is 1420. The van der Waals surface area contributed by atoms with Crippen molar-refractivity contribution in [3.05, 3.63) is 55.9 Å². The molecule has 2 saturated heterocycles. The molecule has 6 N–H and O–H groups in total. The highest BCUT2D eigenvalue weighted by atomic mass is 79.9. The Labute approximate surface area is 263 Å². The van der Waals surface area contributed by atoms with E-state index in [1.807, 2.05) is 0 Å². The number of nitrogens with one attached hydrogen (secondary N) is 4. The second-order valence-corrected chi connectivity index (χ2v) is 14.9. The minimum Gasteiger partial charge on any atom is -0.383 e. The van der Waals surface area contributed by atoms with Gasteiger partial charge in [0.05, 0.1) is 30.4 Å². The van der Waals surface area contributed by atoms with Crippen molar-refractivity contribution in [2.75, 3.05) is 25.9 Å². The SMILES string of the molecule is CS(=O)(=O)N[C@H](CC[C@H]1CCCNC1)C(=O)N1C[C@H](OCc2ccc(Br)cc2F)C[C@@H]1C(=O)NCc1ccc(C(=N)N)s1. The number of amidine groups is 1. The number of nitrogens with two attached hydrogens (primary N) is 1. The average molecular weight is 702 g/mol. The first kappa shape index (κ1) is 33.5. The van der Waals surface area contributed by atoms with Crippen LogP contribution in [-0.2, 0) is 37.5 Å². The lowest BCUT2D eigenvalue weighted by Crippen LogP contribution is -2.53. The van der Waals surface area contributed by atoms with Crippen LogP contribution in [-0.4, -0.2) is 75.0 Å². The highest BCUT2D eigenvalue weighted by molar-refractivity contribution is 9.10. The summed E-state index contributed by atoms with van der Waals surface area (Å²) >= 11 is 4.52. The van der Waals surface area contributed by atoms with Gasteiger partial charge in [0.1, 0.15) is 23.7 Å². The van der Waals surface area contributed by atoms with Crippen LogP contribution in [0.15, 0.2) is 34.8 Å². The molecule has 1 aromatic heterocycles. The van der Waals surface area contributed by atoms with Crippen LogP contribution in [0, 0.1) is 17.1 Å². The molecule has 0 aliphatic carbocycles. The van der Waals surface area contributed by atoms with E-state index in [2.05, 4.69) is 31.3 Å². The number of nitrogens with zero attached hydrogens (tertiary/aromatic N) is 1. The monoisotopic (exact) mass is 700 g/mol. The molecule has 1 aromatic carbocycles. The minimum absolute atomic E-state index is 0.0511. The number of benzene rings is 1. The van der Waals surface area contributed by atoms with Crippen LogP contribution in [0.5, 0.6) is 0 Å². The molecule has 236 valence electrons. The molecule has 4 rings (SSSR count). The van der Waals surface area contributed by atoms with E-state index in [0.29, 0.717) is 33.7 Å². The lowest BCUT2D eigenvalue weighted by Gasteiger charge is -2.29. The van der Waals surface area contributed by atoms with Crippen LogP contribution >= 0.6 is 27.3 Å². The largest absolute Gasteiger partial charge is 0.383 e. The zero-order chi connectivity index (χ0) is 31.1. The van der Waals surface area contributed by atoms with Crippen molar-refractivity contribution in [2.24, 2.45) is 11.7 Å². The molecule has 15 heteroatoms. The minimum atomic E-state index is -3.72. The van der Waals surface area contributed by atoms with Gasteiger partial charge in [-0.1, -0.05) is 22.0 Å². The summed E-state index contributed by atoms with van der Waals surface area (Å²) in [5, 5.41) is 13.8.